The van der Waals surface area contributed by atoms with E-state index in [-0.39, 0.29) is 5.91 Å². The van der Waals surface area contributed by atoms with Crippen molar-refractivity contribution in [2.45, 2.75) is 70.4 Å². The molecule has 1 saturated carbocycles. The second kappa shape index (κ2) is 9.23. The van der Waals surface area contributed by atoms with Gasteiger partial charge in [-0.15, -0.1) is 5.10 Å². The molecule has 0 radical (unpaired) electrons. The van der Waals surface area contributed by atoms with Gasteiger partial charge in [0.25, 0.3) is 5.91 Å². The van der Waals surface area contributed by atoms with Gasteiger partial charge in [-0.1, -0.05) is 25.7 Å². The monoisotopic (exact) mass is 414 g/mol. The van der Waals surface area contributed by atoms with Crippen LogP contribution in [0.1, 0.15) is 69.7 Å². The molecule has 2 N–H and O–H groups in total. The maximum atomic E-state index is 12.7. The molecule has 1 aliphatic carbocycles. The Morgan fingerprint density at radius 3 is 2.33 bits per heavy atom. The minimum Gasteiger partial charge on any atom is -0.444 e. The molecule has 0 bridgehead atoms. The van der Waals surface area contributed by atoms with E-state index < -0.39 is 17.2 Å². The van der Waals surface area contributed by atoms with Crippen LogP contribution >= 0.6 is 0 Å². The van der Waals surface area contributed by atoms with Crippen molar-refractivity contribution in [3.05, 3.63) is 36.2 Å². The van der Waals surface area contributed by atoms with E-state index in [9.17, 15) is 9.59 Å². The van der Waals surface area contributed by atoms with E-state index >= 15 is 0 Å². The highest BCUT2D eigenvalue weighted by molar-refractivity contribution is 5.94. The Balaban J connectivity index is 1.65. The van der Waals surface area contributed by atoms with Crippen LogP contribution in [0.2, 0.25) is 0 Å². The third-order valence-corrected chi connectivity index (χ3v) is 5.16. The molecule has 1 aromatic heterocycles. The summed E-state index contributed by atoms with van der Waals surface area (Å²) in [6.45, 7) is 5.88. The van der Waals surface area contributed by atoms with Gasteiger partial charge in [0.1, 0.15) is 11.9 Å². The van der Waals surface area contributed by atoms with Gasteiger partial charge in [0.05, 0.1) is 11.2 Å². The molecule has 3 rings (SSSR count). The lowest BCUT2D eigenvalue weighted by Crippen LogP contribution is -2.56. The van der Waals surface area contributed by atoms with Crippen LogP contribution < -0.4 is 10.6 Å². The highest BCUT2D eigenvalue weighted by Gasteiger charge is 2.34. The van der Waals surface area contributed by atoms with E-state index in [2.05, 4.69) is 26.2 Å². The van der Waals surface area contributed by atoms with E-state index in [0.29, 0.717) is 12.1 Å². The zero-order valence-corrected chi connectivity index (χ0v) is 17.9. The van der Waals surface area contributed by atoms with Gasteiger partial charge < -0.3 is 15.4 Å². The van der Waals surface area contributed by atoms with Gasteiger partial charge in [0, 0.05) is 12.1 Å². The fourth-order valence-corrected chi connectivity index (χ4v) is 3.67. The maximum Gasteiger partial charge on any atom is 0.408 e. The number of hydrogen-bond acceptors (Lipinski definition) is 6. The summed E-state index contributed by atoms with van der Waals surface area (Å²) < 4.78 is 6.99. The Kier molecular flexibility index (Phi) is 6.69. The summed E-state index contributed by atoms with van der Waals surface area (Å²) in [6, 6.07) is 7.03. The standard InChI is InChI=1S/C21H30N6O3/c1-20(2,3)30-19(29)24-21(12-6-4-5-7-13-21)14-22-18(28)16-8-10-17(11-9-16)27-15-23-25-26-27/h8-11,15H,4-7,12-14H2,1-3H3,(H,22,28)(H,24,29). The van der Waals surface area contributed by atoms with Crippen molar-refractivity contribution in [1.29, 1.82) is 0 Å². The first-order chi connectivity index (χ1) is 14.3. The average Bonchev–Trinajstić information content (AvgIpc) is 3.13. The topological polar surface area (TPSA) is 111 Å². The fraction of sp³-hybridized carbons (Fsp3) is 0.571. The summed E-state index contributed by atoms with van der Waals surface area (Å²) in [7, 11) is 0. The molecule has 162 valence electrons. The maximum absolute atomic E-state index is 12.7. The molecule has 9 nitrogen and oxygen atoms in total. The Hall–Kier alpha value is -2.97. The van der Waals surface area contributed by atoms with Crippen molar-refractivity contribution in [2.24, 2.45) is 0 Å². The van der Waals surface area contributed by atoms with Crippen molar-refractivity contribution in [1.82, 2.24) is 30.8 Å². The number of tetrazole rings is 1. The zero-order valence-electron chi connectivity index (χ0n) is 17.9. The van der Waals surface area contributed by atoms with Crippen LogP contribution in [0, 0.1) is 0 Å². The zero-order chi connectivity index (χ0) is 21.6. The Morgan fingerprint density at radius 2 is 1.77 bits per heavy atom. The van der Waals surface area contributed by atoms with Gasteiger partial charge in [0.15, 0.2) is 0 Å². The molecule has 0 saturated heterocycles. The molecule has 9 heteroatoms. The second-order valence-corrected chi connectivity index (χ2v) is 8.81. The molecule has 1 fully saturated rings. The number of rotatable bonds is 5. The SMILES string of the molecule is CC(C)(C)OC(=O)NC1(CNC(=O)c2ccc(-n3cnnn3)cc2)CCCCCC1. The molecule has 1 aromatic carbocycles. The normalized spacial score (nSPS) is 16.4. The number of ether oxygens (including phenoxy) is 1. The summed E-state index contributed by atoms with van der Waals surface area (Å²) in [5.41, 5.74) is 0.234. The second-order valence-electron chi connectivity index (χ2n) is 8.81. The van der Waals surface area contributed by atoms with E-state index in [1.807, 2.05) is 20.8 Å². The molecule has 0 spiro atoms. The smallest absolute Gasteiger partial charge is 0.408 e. The van der Waals surface area contributed by atoms with Gasteiger partial charge in [-0.3, -0.25) is 4.79 Å². The number of carbonyl (C=O) groups excluding carboxylic acids is 2. The largest absolute Gasteiger partial charge is 0.444 e. The summed E-state index contributed by atoms with van der Waals surface area (Å²) in [4.78, 5) is 25.2. The van der Waals surface area contributed by atoms with Crippen molar-refractivity contribution in [3.63, 3.8) is 0 Å². The summed E-state index contributed by atoms with van der Waals surface area (Å²) in [6.07, 6.45) is 6.94. The minimum absolute atomic E-state index is 0.187. The van der Waals surface area contributed by atoms with E-state index in [1.54, 1.807) is 24.3 Å². The molecule has 2 amide bonds. The first-order valence-electron chi connectivity index (χ1n) is 10.4. The highest BCUT2D eigenvalue weighted by Crippen LogP contribution is 2.27. The molecule has 1 heterocycles. The summed E-state index contributed by atoms with van der Waals surface area (Å²) in [5.74, 6) is -0.187. The van der Waals surface area contributed by atoms with Crippen molar-refractivity contribution < 1.29 is 14.3 Å². The predicted octanol–water partition coefficient (Wildman–Crippen LogP) is 3.01. The minimum atomic E-state index is -0.569. The van der Waals surface area contributed by atoms with Crippen LogP contribution in [0.5, 0.6) is 0 Å². The first-order valence-corrected chi connectivity index (χ1v) is 10.4. The molecule has 30 heavy (non-hydrogen) atoms. The molecule has 2 aromatic rings. The molecule has 0 atom stereocenters. The molecular weight excluding hydrogens is 384 g/mol. The van der Waals surface area contributed by atoms with E-state index in [1.165, 1.54) is 11.0 Å². The van der Waals surface area contributed by atoms with Crippen LogP contribution in [0.4, 0.5) is 4.79 Å². The lowest BCUT2D eigenvalue weighted by Gasteiger charge is -2.35. The van der Waals surface area contributed by atoms with Crippen molar-refractivity contribution >= 4 is 12.0 Å². The Labute approximate surface area is 176 Å². The fourth-order valence-electron chi connectivity index (χ4n) is 3.67. The lowest BCUT2D eigenvalue weighted by atomic mass is 9.90. The highest BCUT2D eigenvalue weighted by atomic mass is 16.6. The van der Waals surface area contributed by atoms with Crippen LogP contribution in [-0.2, 0) is 4.74 Å². The van der Waals surface area contributed by atoms with Gasteiger partial charge in [-0.05, 0) is 68.3 Å². The first kappa shape index (κ1) is 21.7. The van der Waals surface area contributed by atoms with Crippen molar-refractivity contribution in [3.8, 4) is 5.69 Å². The van der Waals surface area contributed by atoms with Gasteiger partial charge in [-0.25, -0.2) is 9.48 Å². The third kappa shape index (κ3) is 6.01. The van der Waals surface area contributed by atoms with Crippen LogP contribution in [0.25, 0.3) is 5.69 Å². The Morgan fingerprint density at radius 1 is 1.10 bits per heavy atom. The predicted molar refractivity (Wildman–Crippen MR) is 111 cm³/mol. The number of amides is 2. The molecule has 0 aliphatic heterocycles. The van der Waals surface area contributed by atoms with Crippen molar-refractivity contribution in [2.75, 3.05) is 6.54 Å². The number of nitrogens with one attached hydrogen (secondary N) is 2. The van der Waals surface area contributed by atoms with E-state index in [0.717, 1.165) is 44.2 Å². The number of carbonyl (C=O) groups is 2. The number of hydrogen-bond donors (Lipinski definition) is 2. The van der Waals surface area contributed by atoms with Crippen LogP contribution in [-0.4, -0.2) is 49.9 Å². The van der Waals surface area contributed by atoms with Gasteiger partial charge >= 0.3 is 6.09 Å². The molecular formula is C21H30N6O3. The van der Waals surface area contributed by atoms with Crippen LogP contribution in [0.15, 0.2) is 30.6 Å². The Bertz CT molecular complexity index is 835. The number of alkyl carbamates (subject to hydrolysis) is 1. The average molecular weight is 415 g/mol. The summed E-state index contributed by atoms with van der Waals surface area (Å²) in [5, 5.41) is 17.1. The van der Waals surface area contributed by atoms with Gasteiger partial charge in [0.2, 0.25) is 0 Å². The van der Waals surface area contributed by atoms with Gasteiger partial charge in [-0.2, -0.15) is 0 Å². The van der Waals surface area contributed by atoms with Crippen LogP contribution in [0.3, 0.4) is 0 Å². The summed E-state index contributed by atoms with van der Waals surface area (Å²) >= 11 is 0. The number of aromatic nitrogens is 4. The number of nitrogens with zero attached hydrogens (tertiary/aromatic N) is 4. The quantitative estimate of drug-likeness (QED) is 0.728. The molecule has 0 unspecified atom stereocenters. The molecule has 1 aliphatic rings. The lowest BCUT2D eigenvalue weighted by molar-refractivity contribution is 0.0437. The number of benzene rings is 1. The van der Waals surface area contributed by atoms with E-state index in [4.69, 9.17) is 4.74 Å². The third-order valence-electron chi connectivity index (χ3n) is 5.16.